The number of nitrogens with two attached hydrogens (primary N) is 3. The highest BCUT2D eigenvalue weighted by Gasteiger charge is 2.38. The average molecular weight is 907 g/mol. The number of likely N-dealkylation sites (tertiary alicyclic amines) is 1. The Morgan fingerprint density at radius 1 is 0.877 bits per heavy atom. The minimum Gasteiger partial charge on any atom is -0.507 e. The van der Waals surface area contributed by atoms with E-state index in [0.717, 1.165) is 37.0 Å². The van der Waals surface area contributed by atoms with Gasteiger partial charge in [0.15, 0.2) is 6.17 Å². The number of phenolic OH excluding ortho intramolecular Hbond substituents is 2. The number of aromatic hydroxyl groups is 2. The molecule has 356 valence electrons. The molecule has 2 aromatic carbocycles. The van der Waals surface area contributed by atoms with Gasteiger partial charge in [0.2, 0.25) is 41.4 Å². The number of fused-ring (bicyclic) bond motifs is 5. The third kappa shape index (κ3) is 14.4. The predicted octanol–water partition coefficient (Wildman–Crippen LogP) is 0.168. The molecule has 0 unspecified atom stereocenters. The van der Waals surface area contributed by atoms with Crippen LogP contribution in [0.25, 0.3) is 11.1 Å². The fraction of sp³-hybridized carbons (Fsp3) is 0.556. The van der Waals surface area contributed by atoms with E-state index in [0.29, 0.717) is 44.2 Å². The molecule has 1 saturated heterocycles. The van der Waals surface area contributed by atoms with Crippen molar-refractivity contribution in [2.24, 2.45) is 17.2 Å². The first-order valence-electron chi connectivity index (χ1n) is 22.4. The summed E-state index contributed by atoms with van der Waals surface area (Å²) in [6, 6.07) is 2.26. The molecule has 0 aromatic heterocycles. The molecule has 0 aliphatic carbocycles. The quantitative estimate of drug-likeness (QED) is 0.0796. The number of primary amides is 1. The van der Waals surface area contributed by atoms with E-state index < -0.39 is 77.7 Å². The Balaban J connectivity index is 1.61. The first kappa shape index (κ1) is 51.4. The van der Waals surface area contributed by atoms with Gasteiger partial charge in [0, 0.05) is 50.5 Å². The van der Waals surface area contributed by atoms with Crippen molar-refractivity contribution in [3.63, 3.8) is 0 Å². The van der Waals surface area contributed by atoms with Crippen LogP contribution >= 0.6 is 0 Å². The van der Waals surface area contributed by atoms with Crippen LogP contribution in [0.2, 0.25) is 0 Å². The van der Waals surface area contributed by atoms with E-state index in [1.165, 1.54) is 55.3 Å². The Hall–Kier alpha value is -6.28. The summed E-state index contributed by atoms with van der Waals surface area (Å²) in [7, 11) is 1.32. The molecule has 6 atom stereocenters. The number of amides is 8. The molecule has 4 rings (SSSR count). The molecule has 0 saturated carbocycles. The summed E-state index contributed by atoms with van der Waals surface area (Å²) in [5.41, 5.74) is 18.1. The fourth-order valence-corrected chi connectivity index (χ4v) is 8.05. The molecular formula is C45H66N10O10. The van der Waals surface area contributed by atoms with Crippen molar-refractivity contribution in [1.29, 1.82) is 0 Å². The Morgan fingerprint density at radius 3 is 2.26 bits per heavy atom. The molecule has 20 nitrogen and oxygen atoms in total. The molecule has 2 aromatic rings. The second-order valence-electron chi connectivity index (χ2n) is 16.7. The standard InChI is InChI=1S/C45H66N10O10/c1-4-5-6-7-8-14-36(58)49-21-19-37(59)51-31(12-9-10-20-46)45(65)54(3)38-28-16-18-35(57)30(25-28)29-23-27(15-17-34(29)56)24-32(52-43(63)39(47)53-42(38)62)41(61)50-26(2)44(64)55-22-11-13-33(55)40(48)60/h15-18,23,25-26,31-33,38-39,56-57H,4-14,19-22,24,46-47H2,1-3H3,(H2,48,60)(H,49,58)(H,50,61)(H,51,59)(H,52,63)(H,53,62)/t26-,31-,32-,33-,38-,39+/m0/s1. The lowest BCUT2D eigenvalue weighted by Gasteiger charge is -2.32. The van der Waals surface area contributed by atoms with Gasteiger partial charge in [0.1, 0.15) is 41.7 Å². The van der Waals surface area contributed by atoms with Gasteiger partial charge >= 0.3 is 0 Å². The molecule has 2 heterocycles. The molecule has 2 aliphatic rings. The maximum Gasteiger partial charge on any atom is 0.258 e. The van der Waals surface area contributed by atoms with E-state index in [4.69, 9.17) is 17.2 Å². The van der Waals surface area contributed by atoms with Crippen molar-refractivity contribution < 1.29 is 48.6 Å². The van der Waals surface area contributed by atoms with E-state index in [-0.39, 0.29) is 66.4 Å². The van der Waals surface area contributed by atoms with Crippen LogP contribution in [0, 0.1) is 0 Å². The minimum atomic E-state index is -1.79. The third-order valence-corrected chi connectivity index (χ3v) is 11.7. The van der Waals surface area contributed by atoms with Crippen molar-refractivity contribution >= 4 is 47.3 Å². The number of rotatable bonds is 20. The lowest BCUT2D eigenvalue weighted by Crippen LogP contribution is -2.60. The molecule has 13 N–H and O–H groups in total. The number of nitrogens with zero attached hydrogens (tertiary/aromatic N) is 2. The van der Waals surface area contributed by atoms with Gasteiger partial charge < -0.3 is 63.8 Å². The lowest BCUT2D eigenvalue weighted by molar-refractivity contribution is -0.143. The summed E-state index contributed by atoms with van der Waals surface area (Å²) >= 11 is 0. The number of benzene rings is 2. The zero-order chi connectivity index (χ0) is 47.8. The largest absolute Gasteiger partial charge is 0.507 e. The maximum atomic E-state index is 14.4. The van der Waals surface area contributed by atoms with Crippen molar-refractivity contribution in [2.45, 2.75) is 134 Å². The Labute approximate surface area is 379 Å². The van der Waals surface area contributed by atoms with E-state index in [2.05, 4.69) is 33.5 Å². The van der Waals surface area contributed by atoms with Gasteiger partial charge in [-0.1, -0.05) is 44.7 Å². The van der Waals surface area contributed by atoms with Gasteiger partial charge in [-0.3, -0.25) is 38.4 Å². The van der Waals surface area contributed by atoms with Crippen molar-refractivity contribution in [1.82, 2.24) is 36.4 Å². The van der Waals surface area contributed by atoms with Crippen molar-refractivity contribution in [2.75, 3.05) is 26.7 Å². The van der Waals surface area contributed by atoms with E-state index in [1.54, 1.807) is 0 Å². The predicted molar refractivity (Wildman–Crippen MR) is 240 cm³/mol. The Morgan fingerprint density at radius 2 is 1.57 bits per heavy atom. The molecule has 0 radical (unpaired) electrons. The summed E-state index contributed by atoms with van der Waals surface area (Å²) in [4.78, 5) is 110. The highest BCUT2D eigenvalue weighted by Crippen LogP contribution is 2.39. The summed E-state index contributed by atoms with van der Waals surface area (Å²) in [6.07, 6.45) is 5.17. The zero-order valence-electron chi connectivity index (χ0n) is 37.5. The SMILES string of the molecule is CCCCCCCC(=O)NCCC(=O)N[C@@H](CCCCN)C(=O)N(C)[C@@H]1C(=O)N[C@@H](N)C(=O)N[C@H](C(=O)N[C@@H](C)C(=O)N2CCC[C@H]2C(N)=O)Cc2ccc(O)c(c2)-c2cc1ccc2O. The van der Waals surface area contributed by atoms with Gasteiger partial charge in [-0.15, -0.1) is 0 Å². The molecule has 2 aliphatic heterocycles. The Kier molecular flexibility index (Phi) is 19.5. The first-order valence-corrected chi connectivity index (χ1v) is 22.4. The highest BCUT2D eigenvalue weighted by molar-refractivity contribution is 5.97. The second kappa shape index (κ2) is 24.7. The molecular weight excluding hydrogens is 841 g/mol. The maximum absolute atomic E-state index is 14.4. The summed E-state index contributed by atoms with van der Waals surface area (Å²) in [5.74, 6) is -5.98. The van der Waals surface area contributed by atoms with E-state index in [9.17, 15) is 48.6 Å². The zero-order valence-corrected chi connectivity index (χ0v) is 37.5. The molecule has 20 heteroatoms. The van der Waals surface area contributed by atoms with Gasteiger partial charge in [0.25, 0.3) is 5.91 Å². The minimum absolute atomic E-state index is 0.0458. The topological polar surface area (TPSA) is 322 Å². The first-order chi connectivity index (χ1) is 31.0. The number of hydrogen-bond acceptors (Lipinski definition) is 12. The van der Waals surface area contributed by atoms with Crippen LogP contribution in [-0.2, 0) is 44.8 Å². The number of nitrogens with one attached hydrogen (secondary N) is 5. The monoisotopic (exact) mass is 906 g/mol. The van der Waals surface area contributed by atoms with Crippen LogP contribution in [0.3, 0.4) is 0 Å². The number of phenols is 2. The normalized spacial score (nSPS) is 19.4. The fourth-order valence-electron chi connectivity index (χ4n) is 8.05. The highest BCUT2D eigenvalue weighted by atomic mass is 16.3. The molecule has 8 amide bonds. The van der Waals surface area contributed by atoms with Crippen LogP contribution in [-0.4, -0.2) is 124 Å². The molecule has 4 bridgehead atoms. The third-order valence-electron chi connectivity index (χ3n) is 11.7. The number of likely N-dealkylation sites (N-methyl/N-ethyl adjacent to an activating group) is 1. The van der Waals surface area contributed by atoms with Crippen molar-refractivity contribution in [3.8, 4) is 22.6 Å². The van der Waals surface area contributed by atoms with Crippen LogP contribution < -0.4 is 43.8 Å². The number of unbranched alkanes of at least 4 members (excludes halogenated alkanes) is 5. The number of carbonyl (C=O) groups excluding carboxylic acids is 8. The molecule has 1 fully saturated rings. The van der Waals surface area contributed by atoms with Crippen molar-refractivity contribution in [3.05, 3.63) is 47.5 Å². The smallest absolute Gasteiger partial charge is 0.258 e. The van der Waals surface area contributed by atoms with Gasteiger partial charge in [-0.25, -0.2) is 0 Å². The van der Waals surface area contributed by atoms with E-state index >= 15 is 0 Å². The summed E-state index contributed by atoms with van der Waals surface area (Å²) < 4.78 is 0. The summed E-state index contributed by atoms with van der Waals surface area (Å²) in [6.45, 7) is 4.16. The number of carbonyl (C=O) groups is 8. The van der Waals surface area contributed by atoms with Crippen LogP contribution in [0.15, 0.2) is 36.4 Å². The molecule has 65 heavy (non-hydrogen) atoms. The molecule has 0 spiro atoms. The van der Waals surface area contributed by atoms with Gasteiger partial charge in [0.05, 0.1) is 0 Å². The van der Waals surface area contributed by atoms with E-state index in [1.807, 2.05) is 0 Å². The van der Waals surface area contributed by atoms with Crippen LogP contribution in [0.4, 0.5) is 0 Å². The van der Waals surface area contributed by atoms with Gasteiger partial charge in [-0.2, -0.15) is 0 Å². The second-order valence-corrected chi connectivity index (χ2v) is 16.7. The lowest BCUT2D eigenvalue weighted by atomic mass is 9.93. The number of hydrogen-bond donors (Lipinski definition) is 10. The van der Waals surface area contributed by atoms with Gasteiger partial charge in [-0.05, 0) is 87.4 Å². The Bertz CT molecular complexity index is 2050. The van der Waals surface area contributed by atoms with Crippen LogP contribution in [0.5, 0.6) is 11.5 Å². The summed E-state index contributed by atoms with van der Waals surface area (Å²) in [5, 5.41) is 35.2. The van der Waals surface area contributed by atoms with Crippen LogP contribution in [0.1, 0.15) is 108 Å². The average Bonchev–Trinajstić information content (AvgIpc) is 3.77.